The van der Waals surface area contributed by atoms with Crippen LogP contribution in [0.15, 0.2) is 129 Å². The Morgan fingerprint density at radius 1 is 0.558 bits per heavy atom. The van der Waals surface area contributed by atoms with E-state index < -0.39 is 60.1 Å². The Labute approximate surface area is 295 Å². The van der Waals surface area contributed by atoms with Crippen molar-refractivity contribution in [1.82, 2.24) is 0 Å². The molecule has 264 valence electrons. The largest absolute Gasteiger partial charge is 0.383 e. The first-order valence-corrected chi connectivity index (χ1v) is 18.0. The summed E-state index contributed by atoms with van der Waals surface area (Å²) in [5, 5.41) is 26.1. The minimum atomic E-state index is -4.83. The van der Waals surface area contributed by atoms with Gasteiger partial charge in [0.15, 0.2) is 0 Å². The third-order valence-corrected chi connectivity index (χ3v) is 9.81. The molecular formula is C35H26N4O11S2. The van der Waals surface area contributed by atoms with E-state index in [2.05, 4.69) is 20.6 Å². The second kappa shape index (κ2) is 14.0. The van der Waals surface area contributed by atoms with Crippen molar-refractivity contribution in [3.63, 3.8) is 0 Å². The second-order valence-electron chi connectivity index (χ2n) is 11.4. The van der Waals surface area contributed by atoms with Crippen LogP contribution < -0.4 is 10.6 Å². The molecule has 0 aromatic heterocycles. The van der Waals surface area contributed by atoms with Crippen molar-refractivity contribution in [2.45, 2.75) is 12.2 Å². The SMILES string of the molecule is O=C(Nc1cccc(C(=O)N=C2C=C(S(=O)(=O)O)C(O)c3ccccc32)c1)Nc1cccc(C(=O)N=C2C=C(S(=O)(=O)O)C(O)c3ccccc32)c1. The van der Waals surface area contributed by atoms with Gasteiger partial charge in [0.1, 0.15) is 22.0 Å². The van der Waals surface area contributed by atoms with Crippen LogP contribution in [-0.4, -0.2) is 65.4 Å². The van der Waals surface area contributed by atoms with E-state index >= 15 is 0 Å². The molecule has 2 aliphatic rings. The van der Waals surface area contributed by atoms with E-state index in [4.69, 9.17) is 0 Å². The number of urea groups is 1. The Bertz CT molecular complexity index is 2350. The Morgan fingerprint density at radius 3 is 1.33 bits per heavy atom. The van der Waals surface area contributed by atoms with Crippen molar-refractivity contribution in [3.8, 4) is 0 Å². The van der Waals surface area contributed by atoms with Crippen LogP contribution in [0.2, 0.25) is 0 Å². The lowest BCUT2D eigenvalue weighted by Crippen LogP contribution is -2.21. The van der Waals surface area contributed by atoms with E-state index in [1.54, 1.807) is 24.3 Å². The quantitative estimate of drug-likeness (QED) is 0.153. The van der Waals surface area contributed by atoms with Crippen LogP contribution in [0, 0.1) is 0 Å². The van der Waals surface area contributed by atoms with Crippen molar-refractivity contribution in [2.24, 2.45) is 9.98 Å². The van der Waals surface area contributed by atoms with Crippen LogP contribution in [0.4, 0.5) is 16.2 Å². The molecule has 0 heterocycles. The van der Waals surface area contributed by atoms with Crippen LogP contribution in [0.25, 0.3) is 0 Å². The van der Waals surface area contributed by atoms with E-state index in [0.717, 1.165) is 12.2 Å². The molecule has 0 saturated carbocycles. The fourth-order valence-electron chi connectivity index (χ4n) is 5.54. The standard InChI is InChI=1S/C35H26N4O11S2/c40-31-25-13-3-1-11-23(25)27(17-29(31)51(45,46)47)38-33(42)19-7-5-9-21(15-19)36-35(44)37-22-10-6-8-20(16-22)34(43)39-28-18-30(52(48,49)50)32(41)26-14-4-2-12-24(26)28/h1-18,31-32,40-41H,(H2,36,37,44)(H,45,46,47)(H,48,49,50). The third-order valence-electron chi connectivity index (χ3n) is 7.93. The Hall–Kier alpha value is -5.95. The molecule has 0 spiro atoms. The molecule has 2 unspecified atom stereocenters. The maximum Gasteiger partial charge on any atom is 0.323 e. The van der Waals surface area contributed by atoms with E-state index in [1.165, 1.54) is 72.8 Å². The van der Waals surface area contributed by atoms with Crippen molar-refractivity contribution >= 4 is 60.9 Å². The molecule has 2 atom stereocenters. The molecule has 4 aromatic carbocycles. The highest BCUT2D eigenvalue weighted by atomic mass is 32.2. The molecule has 6 N–H and O–H groups in total. The Morgan fingerprint density at radius 2 is 0.942 bits per heavy atom. The minimum Gasteiger partial charge on any atom is -0.383 e. The Balaban J connectivity index is 1.19. The summed E-state index contributed by atoms with van der Waals surface area (Å²) < 4.78 is 66.8. The zero-order chi connectivity index (χ0) is 37.4. The number of carbonyl (C=O) groups is 3. The van der Waals surface area contributed by atoms with Gasteiger partial charge < -0.3 is 20.8 Å². The topological polar surface area (TPSA) is 249 Å². The van der Waals surface area contributed by atoms with E-state index in [-0.39, 0.29) is 56.2 Å². The lowest BCUT2D eigenvalue weighted by molar-refractivity contribution is 0.0994. The lowest BCUT2D eigenvalue weighted by Gasteiger charge is -2.22. The molecule has 0 aliphatic heterocycles. The fraction of sp³-hybridized carbons (Fsp3) is 0.0571. The highest BCUT2D eigenvalue weighted by molar-refractivity contribution is 7.90. The van der Waals surface area contributed by atoms with E-state index in [1.807, 2.05) is 0 Å². The predicted octanol–water partition coefficient (Wildman–Crippen LogP) is 4.23. The molecule has 6 rings (SSSR count). The average molecular weight is 743 g/mol. The summed E-state index contributed by atoms with van der Waals surface area (Å²) in [7, 11) is -9.66. The number of nitrogens with one attached hydrogen (secondary N) is 2. The molecule has 15 nitrogen and oxygen atoms in total. The minimum absolute atomic E-state index is 0.00502. The normalized spacial score (nSPS) is 18.5. The number of amides is 4. The lowest BCUT2D eigenvalue weighted by atomic mass is 9.93. The van der Waals surface area contributed by atoms with Gasteiger partial charge in [-0.2, -0.15) is 16.8 Å². The van der Waals surface area contributed by atoms with Gasteiger partial charge in [0.25, 0.3) is 32.1 Å². The first-order valence-electron chi connectivity index (χ1n) is 15.1. The third kappa shape index (κ3) is 7.54. The maximum absolute atomic E-state index is 13.2. The first-order chi connectivity index (χ1) is 24.6. The van der Waals surface area contributed by atoms with Gasteiger partial charge in [-0.25, -0.2) is 14.8 Å². The number of aliphatic hydroxyl groups is 2. The molecule has 52 heavy (non-hydrogen) atoms. The van der Waals surface area contributed by atoms with Crippen LogP contribution >= 0.6 is 0 Å². The number of hydrogen-bond acceptors (Lipinski definition) is 9. The van der Waals surface area contributed by atoms with Gasteiger partial charge in [0.2, 0.25) is 0 Å². The van der Waals surface area contributed by atoms with Gasteiger partial charge in [0.05, 0.1) is 11.4 Å². The molecule has 17 heteroatoms. The van der Waals surface area contributed by atoms with Crippen molar-refractivity contribution in [2.75, 3.05) is 10.6 Å². The number of aliphatic imine (C=N–C) groups is 2. The van der Waals surface area contributed by atoms with Gasteiger partial charge in [-0.05, 0) is 59.7 Å². The smallest absolute Gasteiger partial charge is 0.323 e. The number of hydrogen-bond donors (Lipinski definition) is 6. The molecule has 4 aromatic rings. The van der Waals surface area contributed by atoms with Gasteiger partial charge >= 0.3 is 6.03 Å². The first kappa shape index (κ1) is 35.9. The maximum atomic E-state index is 13.2. The number of nitrogens with zero attached hydrogens (tertiary/aromatic N) is 2. The molecule has 0 radical (unpaired) electrons. The van der Waals surface area contributed by atoms with Crippen LogP contribution in [0.1, 0.15) is 55.2 Å². The van der Waals surface area contributed by atoms with Gasteiger partial charge in [0, 0.05) is 33.6 Å². The summed E-state index contributed by atoms with van der Waals surface area (Å²) in [4.78, 5) is 45.8. The molecular weight excluding hydrogens is 717 g/mol. The van der Waals surface area contributed by atoms with Crippen molar-refractivity contribution in [1.29, 1.82) is 0 Å². The predicted molar refractivity (Wildman–Crippen MR) is 189 cm³/mol. The number of carbonyl (C=O) groups excluding carboxylic acids is 3. The highest BCUT2D eigenvalue weighted by Gasteiger charge is 2.33. The van der Waals surface area contributed by atoms with Crippen LogP contribution in [0.3, 0.4) is 0 Å². The fourth-order valence-corrected chi connectivity index (χ4v) is 6.88. The number of allylic oxidation sites excluding steroid dienone is 2. The zero-order valence-corrected chi connectivity index (χ0v) is 28.0. The number of anilines is 2. The van der Waals surface area contributed by atoms with Crippen LogP contribution in [-0.2, 0) is 20.2 Å². The summed E-state index contributed by atoms with van der Waals surface area (Å²) in [5.74, 6) is -1.64. The molecule has 0 saturated heterocycles. The summed E-state index contributed by atoms with van der Waals surface area (Å²) in [5.41, 5.74) is 0.898. The second-order valence-corrected chi connectivity index (χ2v) is 14.2. The monoisotopic (exact) mass is 742 g/mol. The zero-order valence-electron chi connectivity index (χ0n) is 26.4. The highest BCUT2D eigenvalue weighted by Crippen LogP contribution is 2.35. The van der Waals surface area contributed by atoms with Gasteiger partial charge in [-0.3, -0.25) is 18.7 Å². The summed E-state index contributed by atoms with van der Waals surface area (Å²) >= 11 is 0. The summed E-state index contributed by atoms with van der Waals surface area (Å²) in [6, 6.07) is 22.8. The van der Waals surface area contributed by atoms with E-state index in [0.29, 0.717) is 0 Å². The number of rotatable bonds is 6. The molecule has 4 amide bonds. The number of aliphatic hydroxyl groups excluding tert-OH is 2. The number of fused-ring (bicyclic) bond motifs is 2. The Kier molecular flexibility index (Phi) is 9.65. The van der Waals surface area contributed by atoms with Gasteiger partial charge in [-0.1, -0.05) is 60.7 Å². The van der Waals surface area contributed by atoms with Crippen molar-refractivity contribution in [3.05, 3.63) is 152 Å². The van der Waals surface area contributed by atoms with Crippen molar-refractivity contribution < 1.29 is 50.5 Å². The molecule has 2 aliphatic carbocycles. The number of benzene rings is 4. The molecule has 0 bridgehead atoms. The van der Waals surface area contributed by atoms with E-state index in [9.17, 15) is 50.5 Å². The average Bonchev–Trinajstić information content (AvgIpc) is 3.10. The summed E-state index contributed by atoms with van der Waals surface area (Å²) in [6.07, 6.45) is -1.51. The summed E-state index contributed by atoms with van der Waals surface area (Å²) in [6.45, 7) is 0. The van der Waals surface area contributed by atoms with Crippen LogP contribution in [0.5, 0.6) is 0 Å². The molecule has 0 fully saturated rings. The van der Waals surface area contributed by atoms with Gasteiger partial charge in [-0.15, -0.1) is 0 Å².